The van der Waals surface area contributed by atoms with Crippen LogP contribution in [0.1, 0.15) is 46.5 Å². The van der Waals surface area contributed by atoms with Gasteiger partial charge in [-0.1, -0.05) is 6.92 Å². The van der Waals surface area contributed by atoms with Crippen molar-refractivity contribution < 1.29 is 38.7 Å². The lowest BCUT2D eigenvalue weighted by Gasteiger charge is -2.50. The average Bonchev–Trinajstić information content (AvgIpc) is 2.64. The number of fused-ring (bicyclic) bond motifs is 2. The molecule has 0 radical (unpaired) electrons. The van der Waals surface area contributed by atoms with E-state index >= 15 is 0 Å². The second-order valence-electron chi connectivity index (χ2n) is 8.17. The molecule has 8 nitrogen and oxygen atoms in total. The molecule has 2 bridgehead atoms. The normalized spacial score (nSPS) is 50.8. The summed E-state index contributed by atoms with van der Waals surface area (Å²) in [6.45, 7) is 5.70. The molecule has 0 aromatic heterocycles. The molecule has 0 aromatic rings. The second-order valence-corrected chi connectivity index (χ2v) is 8.17. The Labute approximate surface area is 145 Å². The largest absolute Gasteiger partial charge is 0.473 e. The monoisotopic (exact) mass is 356 g/mol. The number of carboxylic acids is 1. The molecule has 1 saturated carbocycles. The number of carboxylic acid groups (broad SMARTS) is 1. The highest BCUT2D eigenvalue weighted by Crippen LogP contribution is 2.63. The summed E-state index contributed by atoms with van der Waals surface area (Å²) in [6, 6.07) is 0. The Morgan fingerprint density at radius 3 is 2.64 bits per heavy atom. The van der Waals surface area contributed by atoms with Gasteiger partial charge in [-0.2, -0.15) is 0 Å². The molecule has 8 heteroatoms. The Bertz CT molecular complexity index is 607. The van der Waals surface area contributed by atoms with E-state index in [1.165, 1.54) is 0 Å². The first-order valence-corrected chi connectivity index (χ1v) is 8.83. The fourth-order valence-electron chi connectivity index (χ4n) is 5.22. The van der Waals surface area contributed by atoms with Crippen molar-refractivity contribution in [3.8, 4) is 0 Å². The van der Waals surface area contributed by atoms with Crippen LogP contribution in [0.2, 0.25) is 0 Å². The number of hydrogen-bond acceptors (Lipinski definition) is 7. The number of rotatable bonds is 2. The molecule has 0 amide bonds. The molecule has 5 fully saturated rings. The van der Waals surface area contributed by atoms with Gasteiger partial charge in [0.05, 0.1) is 0 Å². The van der Waals surface area contributed by atoms with Gasteiger partial charge in [-0.25, -0.2) is 19.4 Å². The molecule has 7 atom stereocenters. The third-order valence-corrected chi connectivity index (χ3v) is 6.50. The number of hydrogen-bond donors (Lipinski definition) is 1. The van der Waals surface area contributed by atoms with E-state index in [0.29, 0.717) is 5.92 Å². The number of aliphatic carboxylic acids is 1. The first-order chi connectivity index (χ1) is 11.7. The number of carbonyl (C=O) groups excluding carboxylic acids is 1. The van der Waals surface area contributed by atoms with E-state index < -0.39 is 35.2 Å². The number of ether oxygens (including phenoxy) is 3. The summed E-state index contributed by atoms with van der Waals surface area (Å²) in [5, 5.41) is 8.75. The van der Waals surface area contributed by atoms with E-state index in [2.05, 4.69) is 6.92 Å². The smallest absolute Gasteiger partial charge is 0.417 e. The third kappa shape index (κ3) is 2.34. The number of esters is 1. The molecule has 4 saturated heterocycles. The third-order valence-electron chi connectivity index (χ3n) is 6.50. The summed E-state index contributed by atoms with van der Waals surface area (Å²) in [5.74, 6) is -3.25. The minimum Gasteiger partial charge on any atom is -0.473 e. The van der Waals surface area contributed by atoms with Crippen molar-refractivity contribution in [2.24, 2.45) is 17.8 Å². The molecule has 1 spiro atoms. The van der Waals surface area contributed by atoms with E-state index in [1.807, 2.05) is 13.8 Å². The SMILES string of the molecule is C[C@@H]1CCC2[C@]34OO[C@](C)(CC[C@@H]13)O[C@H]4O[C@]2(C)COC(=O)C(=O)O. The Morgan fingerprint density at radius 1 is 1.16 bits per heavy atom. The first-order valence-electron chi connectivity index (χ1n) is 8.83. The van der Waals surface area contributed by atoms with E-state index in [0.717, 1.165) is 25.7 Å². The van der Waals surface area contributed by atoms with E-state index in [1.54, 1.807) is 0 Å². The topological polar surface area (TPSA) is 101 Å². The highest BCUT2D eigenvalue weighted by atomic mass is 17.3. The summed E-state index contributed by atoms with van der Waals surface area (Å²) in [5.41, 5.74) is -1.64. The van der Waals surface area contributed by atoms with Crippen LogP contribution in [-0.4, -0.2) is 46.9 Å². The fourth-order valence-corrected chi connectivity index (χ4v) is 5.22. The van der Waals surface area contributed by atoms with E-state index in [9.17, 15) is 9.59 Å². The molecule has 1 N–H and O–H groups in total. The van der Waals surface area contributed by atoms with Gasteiger partial charge in [-0.3, -0.25) is 0 Å². The van der Waals surface area contributed by atoms with Crippen LogP contribution in [-0.2, 0) is 33.6 Å². The maximum absolute atomic E-state index is 11.4. The fraction of sp³-hybridized carbons (Fsp3) is 0.882. The summed E-state index contributed by atoms with van der Waals surface area (Å²) >= 11 is 0. The molecule has 4 aliphatic heterocycles. The molecule has 5 aliphatic rings. The summed E-state index contributed by atoms with van der Waals surface area (Å²) in [7, 11) is 0. The van der Waals surface area contributed by atoms with Gasteiger partial charge in [0, 0.05) is 12.3 Å². The predicted molar refractivity (Wildman–Crippen MR) is 80.9 cm³/mol. The molecular formula is C17H24O8. The zero-order chi connectivity index (χ0) is 18.0. The Morgan fingerprint density at radius 2 is 1.92 bits per heavy atom. The van der Waals surface area contributed by atoms with Crippen molar-refractivity contribution in [3.05, 3.63) is 0 Å². The van der Waals surface area contributed by atoms with E-state index in [4.69, 9.17) is 29.1 Å². The zero-order valence-electron chi connectivity index (χ0n) is 14.6. The van der Waals surface area contributed by atoms with Crippen molar-refractivity contribution in [2.45, 2.75) is 69.7 Å². The van der Waals surface area contributed by atoms with Crippen LogP contribution in [0, 0.1) is 17.8 Å². The molecule has 140 valence electrons. The van der Waals surface area contributed by atoms with Crippen molar-refractivity contribution in [2.75, 3.05) is 6.61 Å². The van der Waals surface area contributed by atoms with Crippen LogP contribution in [0.4, 0.5) is 0 Å². The maximum Gasteiger partial charge on any atom is 0.417 e. The molecule has 1 aliphatic carbocycles. The minimum atomic E-state index is -1.62. The highest BCUT2D eigenvalue weighted by molar-refractivity contribution is 6.28. The zero-order valence-corrected chi connectivity index (χ0v) is 14.6. The molecule has 4 heterocycles. The maximum atomic E-state index is 11.4. The van der Waals surface area contributed by atoms with Crippen molar-refractivity contribution >= 4 is 11.9 Å². The molecule has 25 heavy (non-hydrogen) atoms. The Balaban J connectivity index is 1.67. The van der Waals surface area contributed by atoms with Crippen LogP contribution < -0.4 is 0 Å². The van der Waals surface area contributed by atoms with Gasteiger partial charge in [-0.05, 0) is 44.9 Å². The highest BCUT2D eigenvalue weighted by Gasteiger charge is 2.74. The van der Waals surface area contributed by atoms with Gasteiger partial charge in [0.1, 0.15) is 12.2 Å². The predicted octanol–water partition coefficient (Wildman–Crippen LogP) is 1.62. The van der Waals surface area contributed by atoms with Crippen molar-refractivity contribution in [3.63, 3.8) is 0 Å². The van der Waals surface area contributed by atoms with Crippen LogP contribution in [0.25, 0.3) is 0 Å². The van der Waals surface area contributed by atoms with Gasteiger partial charge >= 0.3 is 11.9 Å². The molecule has 0 aromatic carbocycles. The lowest BCUT2D eigenvalue weighted by molar-refractivity contribution is -0.541. The summed E-state index contributed by atoms with van der Waals surface area (Å²) in [6.07, 6.45) is 2.80. The molecular weight excluding hydrogens is 332 g/mol. The van der Waals surface area contributed by atoms with Gasteiger partial charge in [0.15, 0.2) is 11.9 Å². The van der Waals surface area contributed by atoms with Gasteiger partial charge in [0.2, 0.25) is 5.79 Å². The van der Waals surface area contributed by atoms with E-state index in [-0.39, 0.29) is 18.4 Å². The van der Waals surface area contributed by atoms with Gasteiger partial charge < -0.3 is 19.3 Å². The Hall–Kier alpha value is -1.22. The van der Waals surface area contributed by atoms with Gasteiger partial charge in [-0.15, -0.1) is 0 Å². The lowest BCUT2D eigenvalue weighted by Crippen LogP contribution is -2.62. The standard InChI is InChI=1S/C17H24O8/c1-9-4-5-11-15(2,8-21-13(20)12(18)19)22-14-17(11)10(9)6-7-16(3,23-14)24-25-17/h9-11,14H,4-8H2,1-3H3,(H,18,19)/t9-,10+,11?,14-,15-,16-,17-/m1/s1. The Kier molecular flexibility index (Phi) is 3.71. The summed E-state index contributed by atoms with van der Waals surface area (Å²) in [4.78, 5) is 33.8. The van der Waals surface area contributed by atoms with Gasteiger partial charge in [0.25, 0.3) is 0 Å². The average molecular weight is 356 g/mol. The summed E-state index contributed by atoms with van der Waals surface area (Å²) < 4.78 is 17.3. The second kappa shape index (κ2) is 5.39. The van der Waals surface area contributed by atoms with Crippen molar-refractivity contribution in [1.29, 1.82) is 0 Å². The van der Waals surface area contributed by atoms with Crippen LogP contribution in [0.5, 0.6) is 0 Å². The minimum absolute atomic E-state index is 0.115. The quantitative estimate of drug-likeness (QED) is 0.452. The first kappa shape index (κ1) is 17.2. The molecule has 5 rings (SSSR count). The van der Waals surface area contributed by atoms with Crippen LogP contribution in [0.15, 0.2) is 0 Å². The molecule has 1 unspecified atom stereocenters. The van der Waals surface area contributed by atoms with Crippen LogP contribution >= 0.6 is 0 Å². The van der Waals surface area contributed by atoms with Crippen LogP contribution in [0.3, 0.4) is 0 Å². The number of carbonyl (C=O) groups is 2. The lowest BCUT2D eigenvalue weighted by atomic mass is 9.60. The van der Waals surface area contributed by atoms with Crippen molar-refractivity contribution in [1.82, 2.24) is 0 Å².